The van der Waals surface area contributed by atoms with Gasteiger partial charge in [-0.15, -0.1) is 0 Å². The van der Waals surface area contributed by atoms with Gasteiger partial charge in [-0.3, -0.25) is 9.59 Å². The van der Waals surface area contributed by atoms with Crippen molar-refractivity contribution in [3.63, 3.8) is 0 Å². The lowest BCUT2D eigenvalue weighted by Gasteiger charge is -2.22. The van der Waals surface area contributed by atoms with Crippen LogP contribution in [-0.2, 0) is 9.59 Å². The van der Waals surface area contributed by atoms with Crippen molar-refractivity contribution >= 4 is 17.5 Å². The summed E-state index contributed by atoms with van der Waals surface area (Å²) in [5.74, 6) is -4.13. The second kappa shape index (κ2) is 11.8. The van der Waals surface area contributed by atoms with E-state index in [0.717, 1.165) is 6.07 Å². The molecular formula is C22H25F3N2O4. The zero-order valence-electron chi connectivity index (χ0n) is 17.4. The zero-order chi connectivity index (χ0) is 22.8. The third-order valence-corrected chi connectivity index (χ3v) is 4.35. The second-order valence-electron chi connectivity index (χ2n) is 6.71. The summed E-state index contributed by atoms with van der Waals surface area (Å²) in [5, 5.41) is 2.17. The van der Waals surface area contributed by atoms with Gasteiger partial charge in [0.2, 0.25) is 11.8 Å². The van der Waals surface area contributed by atoms with Crippen molar-refractivity contribution in [2.45, 2.75) is 26.2 Å². The molecule has 0 bridgehead atoms. The molecule has 0 aliphatic heterocycles. The van der Waals surface area contributed by atoms with E-state index in [0.29, 0.717) is 43.6 Å². The van der Waals surface area contributed by atoms with Crippen LogP contribution in [0.3, 0.4) is 0 Å². The van der Waals surface area contributed by atoms with Crippen molar-refractivity contribution in [1.82, 2.24) is 4.90 Å². The molecule has 9 heteroatoms. The molecule has 0 saturated heterocycles. The Bertz CT molecular complexity index is 891. The van der Waals surface area contributed by atoms with E-state index < -0.39 is 29.0 Å². The predicted octanol–water partition coefficient (Wildman–Crippen LogP) is 4.15. The third kappa shape index (κ3) is 7.20. The maximum atomic E-state index is 13.7. The molecule has 0 saturated carbocycles. The van der Waals surface area contributed by atoms with Crippen LogP contribution in [0.15, 0.2) is 36.4 Å². The number of ether oxygens (including phenoxy) is 2. The van der Waals surface area contributed by atoms with Gasteiger partial charge in [-0.1, -0.05) is 6.92 Å². The SMILES string of the molecule is CCCN(CC(=O)Nc1ccc(F)c(F)c1F)C(=O)CCCOc1ccc(OC)cc1. The fraction of sp³-hybridized carbons (Fsp3) is 0.364. The molecule has 0 spiro atoms. The summed E-state index contributed by atoms with van der Waals surface area (Å²) in [5.41, 5.74) is -0.485. The molecule has 31 heavy (non-hydrogen) atoms. The van der Waals surface area contributed by atoms with Crippen LogP contribution in [0, 0.1) is 17.5 Å². The lowest BCUT2D eigenvalue weighted by Crippen LogP contribution is -2.38. The van der Waals surface area contributed by atoms with Crippen LogP contribution in [0.25, 0.3) is 0 Å². The van der Waals surface area contributed by atoms with Crippen LogP contribution < -0.4 is 14.8 Å². The first-order valence-corrected chi connectivity index (χ1v) is 9.83. The van der Waals surface area contributed by atoms with Gasteiger partial charge in [0.05, 0.1) is 25.9 Å². The Morgan fingerprint density at radius 1 is 1.00 bits per heavy atom. The summed E-state index contributed by atoms with van der Waals surface area (Å²) in [6.45, 7) is 2.15. The van der Waals surface area contributed by atoms with Crippen molar-refractivity contribution in [2.24, 2.45) is 0 Å². The van der Waals surface area contributed by atoms with Crippen molar-refractivity contribution in [2.75, 3.05) is 32.1 Å². The fourth-order valence-corrected chi connectivity index (χ4v) is 2.79. The highest BCUT2D eigenvalue weighted by Crippen LogP contribution is 2.20. The topological polar surface area (TPSA) is 67.9 Å². The number of nitrogens with one attached hydrogen (secondary N) is 1. The van der Waals surface area contributed by atoms with Crippen molar-refractivity contribution in [3.8, 4) is 11.5 Å². The maximum absolute atomic E-state index is 13.7. The minimum atomic E-state index is -1.67. The molecule has 0 aromatic heterocycles. The normalized spacial score (nSPS) is 10.5. The summed E-state index contributed by atoms with van der Waals surface area (Å²) in [6.07, 6.45) is 1.20. The van der Waals surface area contributed by atoms with Gasteiger partial charge in [0.15, 0.2) is 17.5 Å². The number of carbonyl (C=O) groups is 2. The smallest absolute Gasteiger partial charge is 0.244 e. The lowest BCUT2D eigenvalue weighted by atomic mass is 10.2. The number of anilines is 1. The number of hydrogen-bond acceptors (Lipinski definition) is 4. The molecule has 0 atom stereocenters. The molecule has 0 fully saturated rings. The average molecular weight is 438 g/mol. The van der Waals surface area contributed by atoms with Gasteiger partial charge in [-0.25, -0.2) is 13.2 Å². The summed E-state index contributed by atoms with van der Waals surface area (Å²) < 4.78 is 50.7. The monoisotopic (exact) mass is 438 g/mol. The Labute approximate surface area is 178 Å². The van der Waals surface area contributed by atoms with Crippen molar-refractivity contribution in [1.29, 1.82) is 0 Å². The number of rotatable bonds is 11. The summed E-state index contributed by atoms with van der Waals surface area (Å²) >= 11 is 0. The number of halogens is 3. The van der Waals surface area contributed by atoms with Gasteiger partial charge in [-0.2, -0.15) is 0 Å². The predicted molar refractivity (Wildman–Crippen MR) is 110 cm³/mol. The van der Waals surface area contributed by atoms with E-state index in [2.05, 4.69) is 5.32 Å². The van der Waals surface area contributed by atoms with E-state index >= 15 is 0 Å². The van der Waals surface area contributed by atoms with E-state index in [-0.39, 0.29) is 18.9 Å². The Kier molecular flexibility index (Phi) is 9.17. The highest BCUT2D eigenvalue weighted by atomic mass is 19.2. The average Bonchev–Trinajstić information content (AvgIpc) is 2.77. The number of carbonyl (C=O) groups excluding carboxylic acids is 2. The standard InChI is InChI=1S/C22H25F3N2O4/c1-3-12-27(14-19(28)26-18-11-10-17(23)21(24)22(18)25)20(29)5-4-13-31-16-8-6-15(30-2)7-9-16/h6-11H,3-5,12-14H2,1-2H3,(H,26,28). The summed E-state index contributed by atoms with van der Waals surface area (Å²) in [4.78, 5) is 26.0. The van der Waals surface area contributed by atoms with Crippen LogP contribution in [-0.4, -0.2) is 43.5 Å². The number of benzene rings is 2. The minimum Gasteiger partial charge on any atom is -0.497 e. The molecule has 0 aliphatic carbocycles. The van der Waals surface area contributed by atoms with E-state index in [1.54, 1.807) is 31.4 Å². The van der Waals surface area contributed by atoms with Crippen LogP contribution in [0.5, 0.6) is 11.5 Å². The maximum Gasteiger partial charge on any atom is 0.244 e. The van der Waals surface area contributed by atoms with Crippen LogP contribution in [0.4, 0.5) is 18.9 Å². The Hall–Kier alpha value is -3.23. The van der Waals surface area contributed by atoms with E-state index in [1.165, 1.54) is 4.90 Å². The lowest BCUT2D eigenvalue weighted by molar-refractivity contribution is -0.134. The zero-order valence-corrected chi connectivity index (χ0v) is 17.4. The highest BCUT2D eigenvalue weighted by Gasteiger charge is 2.19. The molecule has 168 valence electrons. The molecule has 2 aromatic rings. The summed E-state index contributed by atoms with van der Waals surface area (Å²) in [6, 6.07) is 8.67. The first-order chi connectivity index (χ1) is 14.8. The molecule has 1 N–H and O–H groups in total. The molecule has 6 nitrogen and oxygen atoms in total. The van der Waals surface area contributed by atoms with Crippen molar-refractivity contribution < 1.29 is 32.2 Å². The van der Waals surface area contributed by atoms with E-state index in [9.17, 15) is 22.8 Å². The largest absolute Gasteiger partial charge is 0.497 e. The molecule has 2 rings (SSSR count). The molecular weight excluding hydrogens is 413 g/mol. The third-order valence-electron chi connectivity index (χ3n) is 4.35. The van der Waals surface area contributed by atoms with Crippen LogP contribution >= 0.6 is 0 Å². The van der Waals surface area contributed by atoms with E-state index in [4.69, 9.17) is 9.47 Å². The van der Waals surface area contributed by atoms with Gasteiger partial charge in [0.25, 0.3) is 0 Å². The first-order valence-electron chi connectivity index (χ1n) is 9.83. The van der Waals surface area contributed by atoms with Gasteiger partial charge < -0.3 is 19.7 Å². The quantitative estimate of drug-likeness (QED) is 0.423. The Morgan fingerprint density at radius 2 is 1.68 bits per heavy atom. The van der Waals surface area contributed by atoms with Gasteiger partial charge in [-0.05, 0) is 49.2 Å². The van der Waals surface area contributed by atoms with Gasteiger partial charge in [0.1, 0.15) is 11.5 Å². The first kappa shape index (κ1) is 24.0. The highest BCUT2D eigenvalue weighted by molar-refractivity contribution is 5.94. The number of methoxy groups -OCH3 is 1. The molecule has 0 heterocycles. The van der Waals surface area contributed by atoms with Gasteiger partial charge in [0, 0.05) is 13.0 Å². The Balaban J connectivity index is 1.83. The van der Waals surface area contributed by atoms with Crippen LogP contribution in [0.1, 0.15) is 26.2 Å². The molecule has 2 aromatic carbocycles. The second-order valence-corrected chi connectivity index (χ2v) is 6.71. The van der Waals surface area contributed by atoms with E-state index in [1.807, 2.05) is 6.92 Å². The van der Waals surface area contributed by atoms with Gasteiger partial charge >= 0.3 is 0 Å². The number of amides is 2. The molecule has 2 amide bonds. The molecule has 0 aliphatic rings. The molecule has 0 radical (unpaired) electrons. The number of hydrogen-bond donors (Lipinski definition) is 1. The van der Waals surface area contributed by atoms with Crippen molar-refractivity contribution in [3.05, 3.63) is 53.8 Å². The fourth-order valence-electron chi connectivity index (χ4n) is 2.79. The molecule has 0 unspecified atom stereocenters. The summed E-state index contributed by atoms with van der Waals surface area (Å²) in [7, 11) is 1.57. The minimum absolute atomic E-state index is 0.156. The van der Waals surface area contributed by atoms with Crippen LogP contribution in [0.2, 0.25) is 0 Å². The Morgan fingerprint density at radius 3 is 2.32 bits per heavy atom. The number of nitrogens with zero attached hydrogens (tertiary/aromatic N) is 1.